The van der Waals surface area contributed by atoms with Crippen molar-refractivity contribution in [1.82, 2.24) is 15.1 Å². The van der Waals surface area contributed by atoms with Gasteiger partial charge in [0.1, 0.15) is 5.69 Å². The number of nitrogens with zero attached hydrogens (tertiary/aromatic N) is 2. The van der Waals surface area contributed by atoms with Crippen LogP contribution in [-0.4, -0.2) is 23.4 Å². The number of methoxy groups -OCH3 is 1. The molecular formula is C13H19N3OS. The molecule has 1 unspecified atom stereocenters. The van der Waals surface area contributed by atoms with E-state index >= 15 is 0 Å². The van der Waals surface area contributed by atoms with Crippen LogP contribution in [0.5, 0.6) is 5.75 Å². The standard InChI is InChI=1S/C13H19N3OS/c1-4-7-14-12(11-6-5-8-18-11)13-10(17-3)9-15-16(13)2/h5-6,8-9,12,14H,4,7H2,1-3H3. The number of hydrogen-bond acceptors (Lipinski definition) is 4. The van der Waals surface area contributed by atoms with Crippen LogP contribution in [0.2, 0.25) is 0 Å². The molecule has 0 aromatic carbocycles. The molecule has 2 heterocycles. The minimum atomic E-state index is 0.146. The van der Waals surface area contributed by atoms with Gasteiger partial charge in [-0.25, -0.2) is 0 Å². The van der Waals surface area contributed by atoms with E-state index in [1.807, 2.05) is 11.7 Å². The highest BCUT2D eigenvalue weighted by molar-refractivity contribution is 7.10. The lowest BCUT2D eigenvalue weighted by Crippen LogP contribution is -2.25. The van der Waals surface area contributed by atoms with Crippen LogP contribution >= 0.6 is 11.3 Å². The summed E-state index contributed by atoms with van der Waals surface area (Å²) in [5, 5.41) is 9.94. The third-order valence-electron chi connectivity index (χ3n) is 2.87. The summed E-state index contributed by atoms with van der Waals surface area (Å²) in [4.78, 5) is 1.28. The molecule has 0 aliphatic carbocycles. The van der Waals surface area contributed by atoms with Crippen molar-refractivity contribution in [3.8, 4) is 5.75 Å². The largest absolute Gasteiger partial charge is 0.493 e. The van der Waals surface area contributed by atoms with E-state index in [0.717, 1.165) is 24.4 Å². The lowest BCUT2D eigenvalue weighted by molar-refractivity contribution is 0.401. The summed E-state index contributed by atoms with van der Waals surface area (Å²) in [5.74, 6) is 0.833. The Hall–Kier alpha value is -1.33. The van der Waals surface area contributed by atoms with Gasteiger partial charge < -0.3 is 10.1 Å². The minimum Gasteiger partial charge on any atom is -0.493 e. The van der Waals surface area contributed by atoms with Gasteiger partial charge in [0.05, 0.1) is 19.3 Å². The molecule has 0 saturated heterocycles. The van der Waals surface area contributed by atoms with Crippen LogP contribution in [0.25, 0.3) is 0 Å². The molecule has 1 N–H and O–H groups in total. The highest BCUT2D eigenvalue weighted by atomic mass is 32.1. The fourth-order valence-corrected chi connectivity index (χ4v) is 2.79. The topological polar surface area (TPSA) is 39.1 Å². The third kappa shape index (κ3) is 2.57. The van der Waals surface area contributed by atoms with E-state index in [1.165, 1.54) is 4.88 Å². The summed E-state index contributed by atoms with van der Waals surface area (Å²) in [6, 6.07) is 4.36. The van der Waals surface area contributed by atoms with Crippen molar-refractivity contribution in [2.24, 2.45) is 7.05 Å². The number of aryl methyl sites for hydroxylation is 1. The molecule has 0 bridgehead atoms. The van der Waals surface area contributed by atoms with Crippen LogP contribution in [0.15, 0.2) is 23.7 Å². The molecule has 4 nitrogen and oxygen atoms in total. The highest BCUT2D eigenvalue weighted by Gasteiger charge is 2.22. The molecule has 98 valence electrons. The van der Waals surface area contributed by atoms with Gasteiger partial charge in [-0.15, -0.1) is 11.3 Å². The Balaban J connectivity index is 2.36. The van der Waals surface area contributed by atoms with E-state index in [4.69, 9.17) is 4.74 Å². The fourth-order valence-electron chi connectivity index (χ4n) is 1.99. The summed E-state index contributed by atoms with van der Waals surface area (Å²) in [6.07, 6.45) is 2.87. The first-order valence-electron chi connectivity index (χ1n) is 6.10. The van der Waals surface area contributed by atoms with E-state index in [1.54, 1.807) is 24.6 Å². The Morgan fingerprint density at radius 3 is 3.00 bits per heavy atom. The van der Waals surface area contributed by atoms with Crippen LogP contribution in [0, 0.1) is 0 Å². The van der Waals surface area contributed by atoms with E-state index in [-0.39, 0.29) is 6.04 Å². The molecule has 5 heteroatoms. The molecule has 0 aliphatic heterocycles. The number of ether oxygens (including phenoxy) is 1. The summed E-state index contributed by atoms with van der Waals surface area (Å²) in [7, 11) is 3.64. The van der Waals surface area contributed by atoms with Crippen molar-refractivity contribution < 1.29 is 4.74 Å². The SMILES string of the molecule is CCCNC(c1cccs1)c1c(OC)cnn1C. The predicted octanol–water partition coefficient (Wildman–Crippen LogP) is 2.58. The van der Waals surface area contributed by atoms with Crippen LogP contribution < -0.4 is 10.1 Å². The summed E-state index contributed by atoms with van der Waals surface area (Å²) in [6.45, 7) is 3.13. The van der Waals surface area contributed by atoms with Gasteiger partial charge in [-0.3, -0.25) is 4.68 Å². The Morgan fingerprint density at radius 2 is 2.39 bits per heavy atom. The molecule has 0 fully saturated rings. The van der Waals surface area contributed by atoms with Gasteiger partial charge in [-0.2, -0.15) is 5.10 Å². The highest BCUT2D eigenvalue weighted by Crippen LogP contribution is 2.31. The molecule has 0 saturated carbocycles. The average Bonchev–Trinajstić information content (AvgIpc) is 3.01. The van der Waals surface area contributed by atoms with Gasteiger partial charge in [0.15, 0.2) is 5.75 Å². The van der Waals surface area contributed by atoms with Gasteiger partial charge in [-0.1, -0.05) is 13.0 Å². The van der Waals surface area contributed by atoms with Gasteiger partial charge in [0.25, 0.3) is 0 Å². The number of thiophene rings is 1. The lowest BCUT2D eigenvalue weighted by Gasteiger charge is -2.18. The molecule has 2 rings (SSSR count). The molecule has 18 heavy (non-hydrogen) atoms. The molecule has 0 aliphatic rings. The minimum absolute atomic E-state index is 0.146. The molecule has 0 spiro atoms. The van der Waals surface area contributed by atoms with Crippen LogP contribution in [-0.2, 0) is 7.05 Å². The Labute approximate surface area is 112 Å². The molecule has 0 amide bonds. The maximum atomic E-state index is 5.41. The number of nitrogens with one attached hydrogen (secondary N) is 1. The van der Waals surface area contributed by atoms with Crippen molar-refractivity contribution in [2.45, 2.75) is 19.4 Å². The van der Waals surface area contributed by atoms with Crippen molar-refractivity contribution in [3.05, 3.63) is 34.3 Å². The first kappa shape index (κ1) is 13.1. The maximum absolute atomic E-state index is 5.41. The smallest absolute Gasteiger partial charge is 0.161 e. The van der Waals surface area contributed by atoms with Crippen LogP contribution in [0.4, 0.5) is 0 Å². The summed E-state index contributed by atoms with van der Waals surface area (Å²) >= 11 is 1.75. The third-order valence-corrected chi connectivity index (χ3v) is 3.81. The maximum Gasteiger partial charge on any atom is 0.161 e. The van der Waals surface area contributed by atoms with E-state index < -0.39 is 0 Å². The van der Waals surface area contributed by atoms with Crippen molar-refractivity contribution in [2.75, 3.05) is 13.7 Å². The van der Waals surface area contributed by atoms with E-state index in [9.17, 15) is 0 Å². The first-order valence-corrected chi connectivity index (χ1v) is 6.98. The summed E-state index contributed by atoms with van der Waals surface area (Å²) < 4.78 is 7.29. The zero-order valence-electron chi connectivity index (χ0n) is 11.0. The second-order valence-electron chi connectivity index (χ2n) is 4.12. The Bertz CT molecular complexity index is 478. The second kappa shape index (κ2) is 6.02. The Morgan fingerprint density at radius 1 is 1.56 bits per heavy atom. The predicted molar refractivity (Wildman–Crippen MR) is 74.2 cm³/mol. The van der Waals surface area contributed by atoms with E-state index in [0.29, 0.717) is 0 Å². The van der Waals surface area contributed by atoms with Crippen molar-refractivity contribution in [3.63, 3.8) is 0 Å². The number of hydrogen-bond donors (Lipinski definition) is 1. The average molecular weight is 265 g/mol. The molecule has 2 aromatic heterocycles. The quantitative estimate of drug-likeness (QED) is 0.872. The van der Waals surface area contributed by atoms with Gasteiger partial charge in [0, 0.05) is 11.9 Å². The first-order chi connectivity index (χ1) is 8.77. The van der Waals surface area contributed by atoms with Crippen molar-refractivity contribution >= 4 is 11.3 Å². The zero-order chi connectivity index (χ0) is 13.0. The number of aromatic nitrogens is 2. The number of rotatable bonds is 6. The summed E-state index contributed by atoms with van der Waals surface area (Å²) in [5.41, 5.74) is 1.08. The monoisotopic (exact) mass is 265 g/mol. The molecule has 1 atom stereocenters. The normalized spacial score (nSPS) is 12.6. The van der Waals surface area contributed by atoms with Gasteiger partial charge in [-0.05, 0) is 24.4 Å². The fraction of sp³-hybridized carbons (Fsp3) is 0.462. The van der Waals surface area contributed by atoms with Gasteiger partial charge in [0.2, 0.25) is 0 Å². The van der Waals surface area contributed by atoms with Gasteiger partial charge >= 0.3 is 0 Å². The zero-order valence-corrected chi connectivity index (χ0v) is 11.8. The van der Waals surface area contributed by atoms with Crippen molar-refractivity contribution in [1.29, 1.82) is 0 Å². The Kier molecular flexibility index (Phi) is 4.38. The molecule has 2 aromatic rings. The van der Waals surface area contributed by atoms with E-state index in [2.05, 4.69) is 34.9 Å². The second-order valence-corrected chi connectivity index (χ2v) is 5.10. The molecular weight excluding hydrogens is 246 g/mol. The van der Waals surface area contributed by atoms with Crippen LogP contribution in [0.1, 0.15) is 30.0 Å². The molecule has 0 radical (unpaired) electrons. The lowest BCUT2D eigenvalue weighted by atomic mass is 10.1. The van der Waals surface area contributed by atoms with Crippen LogP contribution in [0.3, 0.4) is 0 Å².